The van der Waals surface area contributed by atoms with Gasteiger partial charge in [0.25, 0.3) is 0 Å². The van der Waals surface area contributed by atoms with Gasteiger partial charge in [0.15, 0.2) is 11.5 Å². The van der Waals surface area contributed by atoms with Gasteiger partial charge in [0, 0.05) is 12.6 Å². The fraction of sp³-hybridized carbons (Fsp3) is 0.400. The maximum Gasteiger partial charge on any atom is 0.231 e. The first-order chi connectivity index (χ1) is 7.26. The normalized spacial score (nSPS) is 15.1. The molecule has 15 heavy (non-hydrogen) atoms. The van der Waals surface area contributed by atoms with Crippen LogP contribution in [0.4, 0.5) is 0 Å². The van der Waals surface area contributed by atoms with E-state index < -0.39 is 0 Å². The van der Waals surface area contributed by atoms with Crippen LogP contribution in [0.5, 0.6) is 17.2 Å². The maximum absolute atomic E-state index is 5.84. The van der Waals surface area contributed by atoms with Crippen LogP contribution in [-0.4, -0.2) is 20.4 Å². The number of benzene rings is 1. The first-order valence-electron chi connectivity index (χ1n) is 4.69. The number of hydrogen-bond acceptors (Lipinski definition) is 5. The van der Waals surface area contributed by atoms with Crippen LogP contribution in [0.15, 0.2) is 12.1 Å². The molecule has 82 valence electrons. The summed E-state index contributed by atoms with van der Waals surface area (Å²) in [6.45, 7) is 0.593. The van der Waals surface area contributed by atoms with E-state index in [2.05, 4.69) is 0 Å². The van der Waals surface area contributed by atoms with E-state index in [1.54, 1.807) is 7.11 Å². The van der Waals surface area contributed by atoms with Gasteiger partial charge in [0.05, 0.1) is 7.11 Å². The Morgan fingerprint density at radius 2 is 2.27 bits per heavy atom. The molecule has 0 aromatic heterocycles. The van der Waals surface area contributed by atoms with Crippen molar-refractivity contribution in [3.05, 3.63) is 17.7 Å². The Hall–Kier alpha value is -1.46. The van der Waals surface area contributed by atoms with Crippen LogP contribution in [-0.2, 0) is 0 Å². The van der Waals surface area contributed by atoms with Crippen LogP contribution in [0.1, 0.15) is 11.6 Å². The summed E-state index contributed by atoms with van der Waals surface area (Å²) < 4.78 is 15.7. The molecule has 0 bridgehead atoms. The van der Waals surface area contributed by atoms with Crippen molar-refractivity contribution in [3.8, 4) is 17.2 Å². The van der Waals surface area contributed by atoms with E-state index in [-0.39, 0.29) is 12.8 Å². The molecule has 0 saturated heterocycles. The molecule has 1 heterocycles. The zero-order valence-electron chi connectivity index (χ0n) is 8.53. The molecular weight excluding hydrogens is 196 g/mol. The van der Waals surface area contributed by atoms with Gasteiger partial charge in [-0.2, -0.15) is 0 Å². The summed E-state index contributed by atoms with van der Waals surface area (Å²) in [5.74, 6) is 1.92. The molecule has 0 amide bonds. The van der Waals surface area contributed by atoms with Crippen LogP contribution in [0.25, 0.3) is 0 Å². The molecule has 0 aliphatic carbocycles. The largest absolute Gasteiger partial charge is 0.493 e. The molecule has 2 rings (SSSR count). The first-order valence-corrected chi connectivity index (χ1v) is 4.69. The second-order valence-corrected chi connectivity index (χ2v) is 3.30. The topological polar surface area (TPSA) is 79.7 Å². The third-order valence-electron chi connectivity index (χ3n) is 2.36. The zero-order chi connectivity index (χ0) is 10.8. The molecule has 5 nitrogen and oxygen atoms in total. The summed E-state index contributed by atoms with van der Waals surface area (Å²) in [6, 6.07) is 3.45. The summed E-state index contributed by atoms with van der Waals surface area (Å²) in [6.07, 6.45) is 0. The van der Waals surface area contributed by atoms with Gasteiger partial charge in [-0.05, 0) is 17.7 Å². The Kier molecular flexibility index (Phi) is 2.66. The maximum atomic E-state index is 5.84. The number of methoxy groups -OCH3 is 1. The lowest BCUT2D eigenvalue weighted by Gasteiger charge is -2.12. The number of ether oxygens (including phenoxy) is 3. The summed E-state index contributed by atoms with van der Waals surface area (Å²) in [5, 5.41) is 0. The Labute approximate surface area is 87.9 Å². The SMILES string of the molecule is COc1cc([C@@H](N)CN)cc2c1OCO2. The molecule has 1 aliphatic rings. The van der Waals surface area contributed by atoms with Crippen molar-refractivity contribution < 1.29 is 14.2 Å². The standard InChI is InChI=1S/C10H14N2O3/c1-13-8-2-6(7(12)4-11)3-9-10(8)15-5-14-9/h2-3,7H,4-5,11-12H2,1H3/t7-/m0/s1. The molecule has 5 heteroatoms. The third-order valence-corrected chi connectivity index (χ3v) is 2.36. The van der Waals surface area contributed by atoms with Crippen molar-refractivity contribution in [3.63, 3.8) is 0 Å². The summed E-state index contributed by atoms with van der Waals surface area (Å²) >= 11 is 0. The highest BCUT2D eigenvalue weighted by Crippen LogP contribution is 2.42. The monoisotopic (exact) mass is 210 g/mol. The van der Waals surface area contributed by atoms with Crippen LogP contribution in [0.2, 0.25) is 0 Å². The molecule has 0 saturated carbocycles. The van der Waals surface area contributed by atoms with Crippen molar-refractivity contribution in [1.29, 1.82) is 0 Å². The van der Waals surface area contributed by atoms with E-state index in [0.29, 0.717) is 23.8 Å². The second kappa shape index (κ2) is 3.96. The van der Waals surface area contributed by atoms with Gasteiger partial charge in [0.2, 0.25) is 12.5 Å². The summed E-state index contributed by atoms with van der Waals surface area (Å²) in [5.41, 5.74) is 12.2. The van der Waals surface area contributed by atoms with Crippen LogP contribution < -0.4 is 25.7 Å². The Bertz CT molecular complexity index is 368. The van der Waals surface area contributed by atoms with Crippen LogP contribution >= 0.6 is 0 Å². The van der Waals surface area contributed by atoms with Gasteiger partial charge in [-0.25, -0.2) is 0 Å². The van der Waals surface area contributed by atoms with E-state index >= 15 is 0 Å². The first kappa shape index (κ1) is 10.1. The number of rotatable bonds is 3. The molecule has 1 aliphatic heterocycles. The fourth-order valence-electron chi connectivity index (χ4n) is 1.50. The molecule has 1 aromatic carbocycles. The summed E-state index contributed by atoms with van der Waals surface area (Å²) in [4.78, 5) is 0. The number of hydrogen-bond donors (Lipinski definition) is 2. The van der Waals surface area contributed by atoms with Crippen molar-refractivity contribution in [2.24, 2.45) is 11.5 Å². The molecule has 1 aromatic rings. The third kappa shape index (κ3) is 1.71. The van der Waals surface area contributed by atoms with Gasteiger partial charge >= 0.3 is 0 Å². The second-order valence-electron chi connectivity index (χ2n) is 3.30. The highest BCUT2D eigenvalue weighted by Gasteiger charge is 2.21. The minimum atomic E-state index is -0.214. The minimum absolute atomic E-state index is 0.214. The highest BCUT2D eigenvalue weighted by atomic mass is 16.7. The van der Waals surface area contributed by atoms with E-state index in [1.165, 1.54) is 0 Å². The van der Waals surface area contributed by atoms with E-state index in [4.69, 9.17) is 25.7 Å². The van der Waals surface area contributed by atoms with Crippen molar-refractivity contribution in [1.82, 2.24) is 0 Å². The predicted molar refractivity (Wildman–Crippen MR) is 55.1 cm³/mol. The highest BCUT2D eigenvalue weighted by molar-refractivity contribution is 5.55. The lowest BCUT2D eigenvalue weighted by molar-refractivity contribution is 0.171. The van der Waals surface area contributed by atoms with Crippen LogP contribution in [0, 0.1) is 0 Å². The van der Waals surface area contributed by atoms with Crippen molar-refractivity contribution >= 4 is 0 Å². The van der Waals surface area contributed by atoms with Crippen molar-refractivity contribution in [2.45, 2.75) is 6.04 Å². The van der Waals surface area contributed by atoms with Gasteiger partial charge in [-0.1, -0.05) is 0 Å². The molecule has 0 radical (unpaired) electrons. The fourth-order valence-corrected chi connectivity index (χ4v) is 1.50. The molecule has 4 N–H and O–H groups in total. The molecule has 1 atom stereocenters. The lowest BCUT2D eigenvalue weighted by atomic mass is 10.1. The van der Waals surface area contributed by atoms with Gasteiger partial charge in [-0.15, -0.1) is 0 Å². The van der Waals surface area contributed by atoms with E-state index in [0.717, 1.165) is 5.56 Å². The predicted octanol–water partition coefficient (Wildman–Crippen LogP) is 0.382. The summed E-state index contributed by atoms with van der Waals surface area (Å²) in [7, 11) is 1.58. The van der Waals surface area contributed by atoms with Gasteiger partial charge in [-0.3, -0.25) is 0 Å². The Balaban J connectivity index is 2.43. The molecule has 0 unspecified atom stereocenters. The Morgan fingerprint density at radius 3 is 2.93 bits per heavy atom. The van der Waals surface area contributed by atoms with Crippen LogP contribution in [0.3, 0.4) is 0 Å². The van der Waals surface area contributed by atoms with Crippen molar-refractivity contribution in [2.75, 3.05) is 20.4 Å². The smallest absolute Gasteiger partial charge is 0.231 e. The van der Waals surface area contributed by atoms with Gasteiger partial charge in [0.1, 0.15) is 0 Å². The van der Waals surface area contributed by atoms with E-state index in [9.17, 15) is 0 Å². The average molecular weight is 210 g/mol. The number of fused-ring (bicyclic) bond motifs is 1. The number of nitrogens with two attached hydrogens (primary N) is 2. The molecule has 0 fully saturated rings. The van der Waals surface area contributed by atoms with Gasteiger partial charge < -0.3 is 25.7 Å². The van der Waals surface area contributed by atoms with E-state index in [1.807, 2.05) is 12.1 Å². The minimum Gasteiger partial charge on any atom is -0.493 e. The quantitative estimate of drug-likeness (QED) is 0.754. The average Bonchev–Trinajstić information content (AvgIpc) is 2.74. The Morgan fingerprint density at radius 1 is 1.47 bits per heavy atom. The molecule has 0 spiro atoms. The lowest BCUT2D eigenvalue weighted by Crippen LogP contribution is -2.20. The zero-order valence-corrected chi connectivity index (χ0v) is 8.53. The molecular formula is C10H14N2O3.